The number of hydrogen-bond donors (Lipinski definition) is 1. The second-order valence-electron chi connectivity index (χ2n) is 6.99. The van der Waals surface area contributed by atoms with Crippen LogP contribution in [0.1, 0.15) is 17.5 Å². The third kappa shape index (κ3) is 4.83. The van der Waals surface area contributed by atoms with E-state index in [1.807, 2.05) is 55.5 Å². The first-order valence-electron chi connectivity index (χ1n) is 9.37. The fraction of sp³-hybridized carbons (Fsp3) is 0.238. The summed E-state index contributed by atoms with van der Waals surface area (Å²) in [6.07, 6.45) is 0.187. The summed E-state index contributed by atoms with van der Waals surface area (Å²) >= 11 is 9.01. The maximum absolute atomic E-state index is 12.7. The van der Waals surface area contributed by atoms with Crippen molar-refractivity contribution >= 4 is 57.3 Å². The fourth-order valence-electron chi connectivity index (χ4n) is 3.21. The van der Waals surface area contributed by atoms with Gasteiger partial charge in [0.25, 0.3) is 0 Å². The zero-order valence-corrected chi connectivity index (χ0v) is 18.6. The van der Waals surface area contributed by atoms with E-state index in [4.69, 9.17) is 11.6 Å². The van der Waals surface area contributed by atoms with Crippen molar-refractivity contribution in [2.75, 3.05) is 16.8 Å². The lowest BCUT2D eigenvalue weighted by molar-refractivity contribution is -0.122. The molecule has 1 aliphatic rings. The van der Waals surface area contributed by atoms with E-state index in [0.717, 1.165) is 21.2 Å². The van der Waals surface area contributed by atoms with E-state index < -0.39 is 5.92 Å². The molecule has 3 aromatic rings. The van der Waals surface area contributed by atoms with Crippen molar-refractivity contribution in [3.05, 3.63) is 64.7 Å². The van der Waals surface area contributed by atoms with E-state index in [1.165, 1.54) is 23.1 Å². The minimum absolute atomic E-state index is 0.0472. The van der Waals surface area contributed by atoms with E-state index in [0.29, 0.717) is 22.5 Å². The summed E-state index contributed by atoms with van der Waals surface area (Å²) in [5, 5.41) is 12.1. The Hall–Kier alpha value is -2.42. The van der Waals surface area contributed by atoms with Crippen LogP contribution in [0, 0.1) is 12.8 Å². The number of carbonyl (C=O) groups excluding carboxylic acids is 2. The van der Waals surface area contributed by atoms with Gasteiger partial charge >= 0.3 is 0 Å². The predicted octanol–water partition coefficient (Wildman–Crippen LogP) is 4.78. The largest absolute Gasteiger partial charge is 0.312 e. The number of thioether (sulfide) groups is 1. The third-order valence-electron chi connectivity index (χ3n) is 4.75. The fourth-order valence-corrected chi connectivity index (χ4v) is 5.25. The van der Waals surface area contributed by atoms with Crippen LogP contribution in [-0.4, -0.2) is 28.6 Å². The Kier molecular flexibility index (Phi) is 6.36. The molecule has 1 aromatic heterocycles. The van der Waals surface area contributed by atoms with Crippen LogP contribution in [0.25, 0.3) is 0 Å². The standard InChI is InChI=1S/C21H19ClN4O2S2/c1-13-5-4-7-16(9-13)26-11-15(10-18(26)27)19(28)23-20-24-25-21(30-20)29-12-14-6-2-3-8-17(14)22/h2-9,15H,10-12H2,1H3,(H,23,24,28). The summed E-state index contributed by atoms with van der Waals surface area (Å²) in [6, 6.07) is 15.4. The Morgan fingerprint density at radius 1 is 1.27 bits per heavy atom. The molecule has 2 aromatic carbocycles. The SMILES string of the molecule is Cc1cccc(N2CC(C(=O)Nc3nnc(SCc4ccccc4Cl)s3)CC2=O)c1. The Bertz CT molecular complexity index is 1090. The van der Waals surface area contributed by atoms with Crippen LogP contribution in [0.2, 0.25) is 5.02 Å². The molecule has 0 aliphatic carbocycles. The number of aromatic nitrogens is 2. The van der Waals surface area contributed by atoms with Crippen molar-refractivity contribution < 1.29 is 9.59 Å². The van der Waals surface area contributed by atoms with E-state index in [-0.39, 0.29) is 18.2 Å². The van der Waals surface area contributed by atoms with Gasteiger partial charge in [0.2, 0.25) is 16.9 Å². The van der Waals surface area contributed by atoms with Gasteiger partial charge in [0.15, 0.2) is 4.34 Å². The van der Waals surface area contributed by atoms with Crippen LogP contribution in [0.4, 0.5) is 10.8 Å². The minimum Gasteiger partial charge on any atom is -0.312 e. The molecule has 0 spiro atoms. The molecule has 1 atom stereocenters. The number of amides is 2. The van der Waals surface area contributed by atoms with Gasteiger partial charge in [0, 0.05) is 29.4 Å². The molecule has 0 saturated carbocycles. The Morgan fingerprint density at radius 2 is 2.10 bits per heavy atom. The van der Waals surface area contributed by atoms with E-state index in [2.05, 4.69) is 15.5 Å². The highest BCUT2D eigenvalue weighted by Gasteiger charge is 2.35. The van der Waals surface area contributed by atoms with Crippen LogP contribution in [0.5, 0.6) is 0 Å². The second kappa shape index (κ2) is 9.16. The highest BCUT2D eigenvalue weighted by molar-refractivity contribution is 8.00. The highest BCUT2D eigenvalue weighted by Crippen LogP contribution is 2.31. The van der Waals surface area contributed by atoms with Gasteiger partial charge in [-0.2, -0.15) is 0 Å². The van der Waals surface area contributed by atoms with Crippen LogP contribution >= 0.6 is 34.7 Å². The first-order valence-corrected chi connectivity index (χ1v) is 11.5. The van der Waals surface area contributed by atoms with Crippen molar-refractivity contribution in [3.63, 3.8) is 0 Å². The van der Waals surface area contributed by atoms with Gasteiger partial charge in [0.05, 0.1) is 5.92 Å². The molecule has 1 N–H and O–H groups in total. The van der Waals surface area contributed by atoms with Gasteiger partial charge in [-0.15, -0.1) is 10.2 Å². The lowest BCUT2D eigenvalue weighted by atomic mass is 10.1. The molecule has 6 nitrogen and oxygen atoms in total. The Balaban J connectivity index is 1.34. The van der Waals surface area contributed by atoms with E-state index >= 15 is 0 Å². The van der Waals surface area contributed by atoms with Crippen molar-refractivity contribution in [2.24, 2.45) is 5.92 Å². The molecule has 1 saturated heterocycles. The van der Waals surface area contributed by atoms with Gasteiger partial charge in [-0.25, -0.2) is 0 Å². The molecule has 1 aliphatic heterocycles. The Morgan fingerprint density at radius 3 is 2.90 bits per heavy atom. The average molecular weight is 459 g/mol. The van der Waals surface area contributed by atoms with Crippen LogP contribution < -0.4 is 10.2 Å². The number of carbonyl (C=O) groups is 2. The molecule has 9 heteroatoms. The molecular formula is C21H19ClN4O2S2. The van der Waals surface area contributed by atoms with E-state index in [9.17, 15) is 9.59 Å². The summed E-state index contributed by atoms with van der Waals surface area (Å²) in [5.41, 5.74) is 2.92. The van der Waals surface area contributed by atoms with Gasteiger partial charge in [-0.1, -0.05) is 65.0 Å². The van der Waals surface area contributed by atoms with Crippen molar-refractivity contribution in [1.82, 2.24) is 10.2 Å². The van der Waals surface area contributed by atoms with Crippen LogP contribution in [-0.2, 0) is 15.3 Å². The normalized spacial score (nSPS) is 16.1. The predicted molar refractivity (Wildman–Crippen MR) is 121 cm³/mol. The number of nitrogens with one attached hydrogen (secondary N) is 1. The minimum atomic E-state index is -0.416. The van der Waals surface area contributed by atoms with E-state index in [1.54, 1.807) is 4.90 Å². The van der Waals surface area contributed by atoms with Crippen molar-refractivity contribution in [2.45, 2.75) is 23.4 Å². The quantitative estimate of drug-likeness (QED) is 0.425. The topological polar surface area (TPSA) is 75.2 Å². The molecule has 2 amide bonds. The molecule has 2 heterocycles. The number of aryl methyl sites for hydroxylation is 1. The average Bonchev–Trinajstić information content (AvgIpc) is 3.34. The number of benzene rings is 2. The van der Waals surface area contributed by atoms with Crippen LogP contribution in [0.3, 0.4) is 0 Å². The first-order chi connectivity index (χ1) is 14.5. The summed E-state index contributed by atoms with van der Waals surface area (Å²) in [4.78, 5) is 26.7. The highest BCUT2D eigenvalue weighted by atomic mass is 35.5. The molecule has 0 bridgehead atoms. The van der Waals surface area contributed by atoms with Crippen molar-refractivity contribution in [3.8, 4) is 0 Å². The molecule has 4 rings (SSSR count). The molecular weight excluding hydrogens is 440 g/mol. The van der Waals surface area contributed by atoms with Crippen molar-refractivity contribution in [1.29, 1.82) is 0 Å². The number of nitrogens with zero attached hydrogens (tertiary/aromatic N) is 3. The zero-order chi connectivity index (χ0) is 21.1. The second-order valence-corrected chi connectivity index (χ2v) is 9.59. The molecule has 1 fully saturated rings. The maximum Gasteiger partial charge on any atom is 0.231 e. The Labute approximate surface area is 187 Å². The molecule has 154 valence electrons. The molecule has 1 unspecified atom stereocenters. The first kappa shape index (κ1) is 20.8. The number of hydrogen-bond acceptors (Lipinski definition) is 6. The lowest BCUT2D eigenvalue weighted by Crippen LogP contribution is -2.28. The summed E-state index contributed by atoms with van der Waals surface area (Å²) in [5.74, 6) is -0.00220. The molecule has 0 radical (unpaired) electrons. The lowest BCUT2D eigenvalue weighted by Gasteiger charge is -2.17. The monoisotopic (exact) mass is 458 g/mol. The zero-order valence-electron chi connectivity index (χ0n) is 16.2. The number of halogens is 1. The number of rotatable bonds is 6. The third-order valence-corrected chi connectivity index (χ3v) is 7.14. The van der Waals surface area contributed by atoms with Crippen LogP contribution in [0.15, 0.2) is 52.9 Å². The van der Waals surface area contributed by atoms with Gasteiger partial charge in [-0.05, 0) is 36.2 Å². The smallest absolute Gasteiger partial charge is 0.231 e. The van der Waals surface area contributed by atoms with Gasteiger partial charge < -0.3 is 10.2 Å². The maximum atomic E-state index is 12.7. The van der Waals surface area contributed by atoms with Gasteiger partial charge in [0.1, 0.15) is 0 Å². The summed E-state index contributed by atoms with van der Waals surface area (Å²) in [6.45, 7) is 2.34. The summed E-state index contributed by atoms with van der Waals surface area (Å²) < 4.78 is 0.745. The van der Waals surface area contributed by atoms with Gasteiger partial charge in [-0.3, -0.25) is 9.59 Å². The number of anilines is 2. The summed E-state index contributed by atoms with van der Waals surface area (Å²) in [7, 11) is 0. The molecule has 30 heavy (non-hydrogen) atoms.